The van der Waals surface area contributed by atoms with Gasteiger partial charge in [0, 0.05) is 28.4 Å². The normalized spacial score (nSPS) is 36.5. The largest absolute Gasteiger partial charge is 0.508 e. The molecule has 0 radical (unpaired) electrons. The van der Waals surface area contributed by atoms with E-state index in [1.165, 1.54) is 19.3 Å². The van der Waals surface area contributed by atoms with Crippen LogP contribution in [-0.2, 0) is 19.1 Å². The van der Waals surface area contributed by atoms with Crippen molar-refractivity contribution < 1.29 is 44.3 Å². The summed E-state index contributed by atoms with van der Waals surface area (Å²) in [5, 5.41) is 38.5. The predicted molar refractivity (Wildman–Crippen MR) is 275 cm³/mol. The van der Waals surface area contributed by atoms with Crippen molar-refractivity contribution in [1.82, 2.24) is 0 Å². The quantitative estimate of drug-likeness (QED) is 0.106. The van der Waals surface area contributed by atoms with Crippen molar-refractivity contribution in [1.29, 1.82) is 0 Å². The van der Waals surface area contributed by atoms with E-state index < -0.39 is 39.1 Å². The number of carbonyl (C=O) groups excluding carboxylic acids is 4. The number of ether oxygens (including phenoxy) is 1. The van der Waals surface area contributed by atoms with Gasteiger partial charge < -0.3 is 30.9 Å². The molecule has 9 rings (SSSR count). The average Bonchev–Trinajstić information content (AvgIpc) is 3.77. The number of aliphatic hydroxyl groups is 3. The fraction of sp³-hybridized carbons (Fsp3) is 0.649. The van der Waals surface area contributed by atoms with Crippen molar-refractivity contribution in [3.05, 3.63) is 84.0 Å². The summed E-state index contributed by atoms with van der Waals surface area (Å²) in [4.78, 5) is 46.4. The zero-order chi connectivity index (χ0) is 51.3. The molecule has 0 aromatic heterocycles. The number of esters is 1. The Balaban J connectivity index is 0.000000177. The van der Waals surface area contributed by atoms with E-state index in [2.05, 4.69) is 48.5 Å². The minimum absolute atomic E-state index is 0.0148. The molecule has 5 unspecified atom stereocenters. The van der Waals surface area contributed by atoms with E-state index in [-0.39, 0.29) is 40.5 Å². The summed E-state index contributed by atoms with van der Waals surface area (Å²) in [7, 11) is 0. The van der Waals surface area contributed by atoms with Gasteiger partial charge in [-0.15, -0.1) is 23.2 Å². The van der Waals surface area contributed by atoms with Gasteiger partial charge in [-0.3, -0.25) is 14.4 Å². The third-order valence-electron chi connectivity index (χ3n) is 18.2. The number of nitrogens with two attached hydrogens (primary N) is 1. The Bertz CT molecular complexity index is 2180. The van der Waals surface area contributed by atoms with Crippen LogP contribution < -0.4 is 5.73 Å². The van der Waals surface area contributed by atoms with Crippen LogP contribution in [0.5, 0.6) is 5.75 Å². The number of nitrogen functional groups attached to an aromatic ring is 1. The Kier molecular flexibility index (Phi) is 18.4. The Morgan fingerprint density at radius 3 is 2.06 bits per heavy atom. The molecule has 0 saturated heterocycles. The molecule has 6 fully saturated rings. The van der Waals surface area contributed by atoms with E-state index in [4.69, 9.17) is 38.8 Å². The highest BCUT2D eigenvalue weighted by molar-refractivity contribution is 6.34. The summed E-state index contributed by atoms with van der Waals surface area (Å²) in [6.07, 6.45) is 15.7. The zero-order valence-corrected chi connectivity index (χ0v) is 44.1. The molecular formula is C57H81Cl2NO9. The summed E-state index contributed by atoms with van der Waals surface area (Å²) in [6.45, 7) is 19.1. The second kappa shape index (κ2) is 22.5. The number of fused-ring (bicyclic) bond motifs is 7. The van der Waals surface area contributed by atoms with Crippen molar-refractivity contribution in [3.8, 4) is 5.75 Å². The van der Waals surface area contributed by atoms with Gasteiger partial charge in [0.1, 0.15) is 23.7 Å². The van der Waals surface area contributed by atoms with E-state index in [9.17, 15) is 34.5 Å². The summed E-state index contributed by atoms with van der Waals surface area (Å²) >= 11 is 14.3. The van der Waals surface area contributed by atoms with Crippen LogP contribution in [0.4, 0.5) is 5.69 Å². The Morgan fingerprint density at radius 1 is 0.913 bits per heavy atom. The second-order valence-electron chi connectivity index (χ2n) is 22.6. The van der Waals surface area contributed by atoms with Crippen molar-refractivity contribution in [2.75, 3.05) is 18.9 Å². The lowest BCUT2D eigenvalue weighted by Crippen LogP contribution is -2.67. The zero-order valence-electron chi connectivity index (χ0n) is 42.6. The highest BCUT2D eigenvalue weighted by atomic mass is 35.5. The molecule has 12 heteroatoms. The van der Waals surface area contributed by atoms with Crippen molar-refractivity contribution in [2.24, 2.45) is 57.2 Å². The van der Waals surface area contributed by atoms with Gasteiger partial charge in [-0.05, 0) is 154 Å². The molecule has 2 aromatic rings. The highest BCUT2D eigenvalue weighted by Crippen LogP contribution is 2.71. The van der Waals surface area contributed by atoms with Crippen LogP contribution in [0.1, 0.15) is 150 Å². The number of rotatable bonds is 6. The number of carbonyl (C=O) groups is 4. The Morgan fingerprint density at radius 2 is 1.57 bits per heavy atom. The number of allylic oxidation sites excluding steroid dienone is 4. The molecular weight excluding hydrogens is 914 g/mol. The number of phenols is 1. The first-order valence-electron chi connectivity index (χ1n) is 25.4. The van der Waals surface area contributed by atoms with Gasteiger partial charge in [0.25, 0.3) is 0 Å². The molecule has 0 spiro atoms. The SMILES string of the molecule is CC12CCC(CC1=O)C2(C)C.CC1CCC(C(C)C)C(O)C1.CCCOC(=O)c1ccc(N)cc1.C[C@]12C=CC(=O)C=C1CC[C@H]1[C@@H]3CC[C@](O)(C(=O)CO)[C@@]3(C)C[C@H](Cl)[C@@]12Cl.Oc1ccccc1. The van der Waals surface area contributed by atoms with Gasteiger partial charge >= 0.3 is 5.97 Å². The summed E-state index contributed by atoms with van der Waals surface area (Å²) < 4.78 is 4.94. The van der Waals surface area contributed by atoms with Crippen LogP contribution in [0.25, 0.3) is 0 Å². The van der Waals surface area contributed by atoms with Gasteiger partial charge in [0.15, 0.2) is 11.6 Å². The minimum Gasteiger partial charge on any atom is -0.508 e. The number of anilines is 1. The highest BCUT2D eigenvalue weighted by Gasteiger charge is 2.72. The van der Waals surface area contributed by atoms with Crippen LogP contribution in [0, 0.1) is 57.2 Å². The molecule has 69 heavy (non-hydrogen) atoms. The number of aliphatic hydroxyl groups excluding tert-OH is 2. The lowest BCUT2D eigenvalue weighted by Gasteiger charge is -2.63. The number of halogens is 2. The number of benzene rings is 2. The maximum Gasteiger partial charge on any atom is 0.338 e. The summed E-state index contributed by atoms with van der Waals surface area (Å²) in [6, 6.07) is 15.4. The number of aromatic hydroxyl groups is 1. The third-order valence-corrected chi connectivity index (χ3v) is 19.7. The topological polar surface area (TPSA) is 184 Å². The molecule has 2 aromatic carbocycles. The molecule has 0 amide bonds. The molecule has 382 valence electrons. The van der Waals surface area contributed by atoms with Crippen LogP contribution in [-0.4, -0.2) is 78.9 Å². The standard InChI is InChI=1S/C21H26Cl2O4.C10H13NO2.C10H16O.C10H20O.C6H6O/c1-18-7-5-13(25)9-12(18)3-4-15-14-6-8-20(27,17(26)11-24)19(14,2)10-16(22)21(15,18)23;1-2-7-13-10(12)8-3-5-9(11)6-4-8;1-9(2)7-4-5-10(9,3)8(11)6-7;1-7(2)9-5-4-8(3)6-10(9)11;7-6-4-2-1-3-5-6/h5,7,9,14-16,24,27H,3-4,6,8,10-11H2,1-2H3;3-6H,2,7,11H2,1H3;7H,4-6H2,1-3H3;7-11H,4-6H2,1-3H3;1-5,7H/t14-,15-,16-,18-,19-,20-,21-;;;;/m0..../s1. The van der Waals surface area contributed by atoms with Gasteiger partial charge in [0.2, 0.25) is 0 Å². The van der Waals surface area contributed by atoms with Crippen LogP contribution >= 0.6 is 23.2 Å². The molecule has 7 aliphatic rings. The fourth-order valence-corrected chi connectivity index (χ4v) is 14.3. The number of alkyl halides is 2. The Hall–Kier alpha value is -3.54. The first-order valence-corrected chi connectivity index (χ1v) is 26.2. The maximum absolute atomic E-state index is 12.4. The van der Waals surface area contributed by atoms with Crippen LogP contribution in [0.15, 0.2) is 78.4 Å². The number of para-hydroxylation sites is 1. The molecule has 12 atom stereocenters. The second-order valence-corrected chi connectivity index (χ2v) is 23.8. The molecule has 0 aliphatic heterocycles. The smallest absolute Gasteiger partial charge is 0.338 e. The monoisotopic (exact) mass is 994 g/mol. The number of phenolic OH excluding ortho intramolecular Hbond substituents is 1. The Labute approximate surface area is 421 Å². The van der Waals surface area contributed by atoms with Crippen molar-refractivity contribution in [3.63, 3.8) is 0 Å². The molecule has 2 bridgehead atoms. The summed E-state index contributed by atoms with van der Waals surface area (Å²) in [5.74, 6) is 2.68. The van der Waals surface area contributed by atoms with Gasteiger partial charge in [0.05, 0.1) is 28.5 Å². The first kappa shape index (κ1) is 56.4. The molecule has 6 N–H and O–H groups in total. The van der Waals surface area contributed by atoms with Crippen molar-refractivity contribution >= 4 is 52.2 Å². The average molecular weight is 995 g/mol. The number of ketones is 3. The number of hydrogen-bond acceptors (Lipinski definition) is 10. The number of hydrogen-bond donors (Lipinski definition) is 5. The van der Waals surface area contributed by atoms with E-state index >= 15 is 0 Å². The van der Waals surface area contributed by atoms with Crippen molar-refractivity contribution in [2.45, 2.75) is 161 Å². The van der Waals surface area contributed by atoms with Crippen LogP contribution in [0.3, 0.4) is 0 Å². The van der Waals surface area contributed by atoms with E-state index in [1.807, 2.05) is 26.0 Å². The molecule has 6 saturated carbocycles. The van der Waals surface area contributed by atoms with E-state index in [1.54, 1.807) is 60.7 Å². The fourth-order valence-electron chi connectivity index (χ4n) is 13.1. The lowest BCUT2D eigenvalue weighted by molar-refractivity contribution is -0.161. The first-order chi connectivity index (χ1) is 32.3. The third kappa shape index (κ3) is 11.1. The summed E-state index contributed by atoms with van der Waals surface area (Å²) in [5.41, 5.74) is 5.19. The predicted octanol–water partition coefficient (Wildman–Crippen LogP) is 11.2. The van der Waals surface area contributed by atoms with Gasteiger partial charge in [-0.2, -0.15) is 0 Å². The minimum atomic E-state index is -1.56. The van der Waals surface area contributed by atoms with E-state index in [0.717, 1.165) is 50.0 Å². The molecule has 7 aliphatic carbocycles. The lowest BCUT2D eigenvalue weighted by atomic mass is 9.46. The van der Waals surface area contributed by atoms with Gasteiger partial charge in [-0.1, -0.05) is 98.6 Å². The van der Waals surface area contributed by atoms with E-state index in [0.29, 0.717) is 66.4 Å². The van der Waals surface area contributed by atoms with Crippen LogP contribution in [0.2, 0.25) is 0 Å². The van der Waals surface area contributed by atoms with Gasteiger partial charge in [-0.25, -0.2) is 4.79 Å². The molecule has 0 heterocycles. The maximum atomic E-state index is 12.4. The number of Topliss-reactive ketones (excluding diaryl/α,β-unsaturated/α-hetero) is 2. The molecule has 10 nitrogen and oxygen atoms in total.